The van der Waals surface area contributed by atoms with Gasteiger partial charge in [0.25, 0.3) is 0 Å². The number of carbonyl (C=O) groups is 1. The molecule has 98 valence electrons. The maximum absolute atomic E-state index is 12.4. The van der Waals surface area contributed by atoms with Gasteiger partial charge in [0.1, 0.15) is 0 Å². The minimum atomic E-state index is -2.04. The van der Waals surface area contributed by atoms with Crippen molar-refractivity contribution in [2.24, 2.45) is 0 Å². The van der Waals surface area contributed by atoms with Gasteiger partial charge in [0.05, 0.1) is 0 Å². The fraction of sp³-hybridized carbons (Fsp3) is 0.188. The smallest absolute Gasteiger partial charge is 0.820 e. The van der Waals surface area contributed by atoms with Crippen molar-refractivity contribution >= 4 is 19.0 Å². The van der Waals surface area contributed by atoms with Crippen molar-refractivity contribution in [1.82, 2.24) is 0 Å². The molecule has 0 N–H and O–H groups in total. The molecule has 0 aliphatic rings. The molecule has 0 bridgehead atoms. The Labute approximate surface area is 133 Å². The van der Waals surface area contributed by atoms with E-state index in [0.29, 0.717) is 10.9 Å². The van der Waals surface area contributed by atoms with Crippen molar-refractivity contribution in [2.45, 2.75) is 20.8 Å². The van der Waals surface area contributed by atoms with Gasteiger partial charge in [-0.3, -0.25) is 4.79 Å². The van der Waals surface area contributed by atoms with Crippen molar-refractivity contribution in [3.05, 3.63) is 64.7 Å². The number of aryl methyl sites for hydroxylation is 3. The molecule has 0 fully saturated rings. The Kier molecular flexibility index (Phi) is 6.18. The van der Waals surface area contributed by atoms with Crippen LogP contribution in [-0.4, -0.2) is 5.52 Å². The van der Waals surface area contributed by atoms with Crippen LogP contribution in [0.25, 0.3) is 0 Å². The quantitative estimate of drug-likeness (QED) is 0.578. The second-order valence-corrected chi connectivity index (χ2v) is 6.22. The minimum Gasteiger partial charge on any atom is -0.820 e. The monoisotopic (exact) mass is 278 g/mol. The molecule has 20 heavy (non-hydrogen) atoms. The molecule has 0 amide bonds. The molecular formula is C16H16LiO2P. The molecule has 0 radical (unpaired) electrons. The third kappa shape index (κ3) is 3.60. The molecule has 4 heteroatoms. The Balaban J connectivity index is 0.00000200. The zero-order valence-electron chi connectivity index (χ0n) is 12.3. The van der Waals surface area contributed by atoms with Crippen LogP contribution in [0.4, 0.5) is 0 Å². The zero-order chi connectivity index (χ0) is 14.0. The van der Waals surface area contributed by atoms with Crippen molar-refractivity contribution in [3.8, 4) is 0 Å². The molecule has 1 unspecified atom stereocenters. The minimum absolute atomic E-state index is 0. The van der Waals surface area contributed by atoms with E-state index in [1.165, 1.54) is 0 Å². The van der Waals surface area contributed by atoms with E-state index >= 15 is 0 Å². The first-order valence-corrected chi connectivity index (χ1v) is 7.41. The van der Waals surface area contributed by atoms with Crippen LogP contribution in [-0.2, 0) is 0 Å². The fourth-order valence-corrected chi connectivity index (χ4v) is 3.53. The Hall–Kier alpha value is -0.903. The fourth-order valence-electron chi connectivity index (χ4n) is 2.30. The third-order valence-corrected chi connectivity index (χ3v) is 4.43. The van der Waals surface area contributed by atoms with Crippen molar-refractivity contribution < 1.29 is 28.5 Å². The van der Waals surface area contributed by atoms with E-state index in [2.05, 4.69) is 0 Å². The number of carbonyl (C=O) groups excluding carboxylic acids is 1. The number of hydrogen-bond acceptors (Lipinski definition) is 2. The second kappa shape index (κ2) is 7.20. The molecule has 0 saturated carbocycles. The molecule has 2 aromatic carbocycles. The average molecular weight is 278 g/mol. The first-order valence-electron chi connectivity index (χ1n) is 6.15. The third-order valence-electron chi connectivity index (χ3n) is 3.07. The predicted molar refractivity (Wildman–Crippen MR) is 78.0 cm³/mol. The molecule has 0 saturated heterocycles. The molecule has 2 aromatic rings. The molecule has 2 rings (SSSR count). The maximum atomic E-state index is 12.4. The largest absolute Gasteiger partial charge is 1.00 e. The summed E-state index contributed by atoms with van der Waals surface area (Å²) >= 11 is 0. The summed E-state index contributed by atoms with van der Waals surface area (Å²) in [6.45, 7) is 5.77. The predicted octanol–water partition coefficient (Wildman–Crippen LogP) is -0.161. The topological polar surface area (TPSA) is 40.1 Å². The van der Waals surface area contributed by atoms with E-state index in [1.54, 1.807) is 24.3 Å². The number of rotatable bonds is 3. The standard InChI is InChI=1S/C16H16O2P.Li/c1-11-9-12(2)15(13(3)10-11)16(17)19(18)14-7-5-4-6-8-14;/h4-10H,1-3H3;/q-1;+1. The van der Waals surface area contributed by atoms with Crippen LogP contribution >= 0.6 is 8.15 Å². The zero-order valence-corrected chi connectivity index (χ0v) is 13.2. The Morgan fingerprint density at radius 1 is 1.00 bits per heavy atom. The summed E-state index contributed by atoms with van der Waals surface area (Å²) in [6.07, 6.45) is 0. The van der Waals surface area contributed by atoms with E-state index < -0.39 is 8.15 Å². The molecule has 0 spiro atoms. The van der Waals surface area contributed by atoms with Crippen LogP contribution in [0.2, 0.25) is 0 Å². The Morgan fingerprint density at radius 2 is 1.50 bits per heavy atom. The first kappa shape index (κ1) is 17.1. The summed E-state index contributed by atoms with van der Waals surface area (Å²) in [7, 11) is -2.04. The van der Waals surface area contributed by atoms with Gasteiger partial charge in [0.15, 0.2) is 5.52 Å². The maximum Gasteiger partial charge on any atom is 1.00 e. The van der Waals surface area contributed by atoms with Crippen LogP contribution < -0.4 is 29.1 Å². The van der Waals surface area contributed by atoms with Gasteiger partial charge in [-0.05, 0) is 37.2 Å². The van der Waals surface area contributed by atoms with Crippen LogP contribution in [0, 0.1) is 20.8 Å². The van der Waals surface area contributed by atoms with Gasteiger partial charge in [-0.1, -0.05) is 56.2 Å². The molecule has 0 aromatic heterocycles. The molecule has 0 aliphatic carbocycles. The van der Waals surface area contributed by atoms with E-state index in [-0.39, 0.29) is 24.4 Å². The van der Waals surface area contributed by atoms with Crippen molar-refractivity contribution in [3.63, 3.8) is 0 Å². The van der Waals surface area contributed by atoms with Gasteiger partial charge in [-0.25, -0.2) is 0 Å². The van der Waals surface area contributed by atoms with Gasteiger partial charge < -0.3 is 4.89 Å². The molecule has 0 aliphatic heterocycles. The normalized spacial score (nSPS) is 11.6. The van der Waals surface area contributed by atoms with Crippen LogP contribution in [0.5, 0.6) is 0 Å². The summed E-state index contributed by atoms with van der Waals surface area (Å²) in [4.78, 5) is 24.7. The van der Waals surface area contributed by atoms with E-state index in [9.17, 15) is 9.69 Å². The van der Waals surface area contributed by atoms with Crippen LogP contribution in [0.15, 0.2) is 42.5 Å². The van der Waals surface area contributed by atoms with E-state index in [4.69, 9.17) is 0 Å². The summed E-state index contributed by atoms with van der Waals surface area (Å²) in [5.74, 6) is 0. The summed E-state index contributed by atoms with van der Waals surface area (Å²) < 4.78 is 0. The molecule has 2 nitrogen and oxygen atoms in total. The van der Waals surface area contributed by atoms with Gasteiger partial charge >= 0.3 is 18.9 Å². The number of hydrogen-bond donors (Lipinski definition) is 0. The van der Waals surface area contributed by atoms with Gasteiger partial charge in [-0.2, -0.15) is 0 Å². The molecular weight excluding hydrogens is 262 g/mol. The average Bonchev–Trinajstić information content (AvgIpc) is 2.37. The Morgan fingerprint density at radius 3 is 2.00 bits per heavy atom. The van der Waals surface area contributed by atoms with Crippen LogP contribution in [0.1, 0.15) is 27.0 Å². The van der Waals surface area contributed by atoms with E-state index in [0.717, 1.165) is 16.7 Å². The summed E-state index contributed by atoms with van der Waals surface area (Å²) in [5, 5.41) is 0.585. The van der Waals surface area contributed by atoms with Crippen LogP contribution in [0.3, 0.4) is 0 Å². The Bertz CT molecular complexity index is 588. The SMILES string of the molecule is Cc1cc(C)c(C(=O)P([O-])c2ccccc2)c(C)c1.[Li+]. The first-order chi connectivity index (χ1) is 9.00. The van der Waals surface area contributed by atoms with Gasteiger partial charge in [0.2, 0.25) is 0 Å². The molecule has 1 atom stereocenters. The van der Waals surface area contributed by atoms with Gasteiger partial charge in [-0.15, -0.1) is 0 Å². The van der Waals surface area contributed by atoms with Crippen molar-refractivity contribution in [2.75, 3.05) is 0 Å². The summed E-state index contributed by atoms with van der Waals surface area (Å²) in [5.41, 5.74) is 3.21. The second-order valence-electron chi connectivity index (χ2n) is 4.71. The number of benzene rings is 2. The van der Waals surface area contributed by atoms with E-state index in [1.807, 2.05) is 39.0 Å². The summed E-state index contributed by atoms with van der Waals surface area (Å²) in [6, 6.07) is 12.8. The van der Waals surface area contributed by atoms with Gasteiger partial charge in [0, 0.05) is 5.56 Å². The van der Waals surface area contributed by atoms with Crippen molar-refractivity contribution in [1.29, 1.82) is 0 Å². The molecule has 0 heterocycles.